The van der Waals surface area contributed by atoms with Gasteiger partial charge in [-0.3, -0.25) is 4.79 Å². The average Bonchev–Trinajstić information content (AvgIpc) is 2.43. The fourth-order valence-corrected chi connectivity index (χ4v) is 2.45. The number of aliphatic hydroxyl groups excluding tert-OH is 1. The number of fused-ring (bicyclic) bond motifs is 1. The lowest BCUT2D eigenvalue weighted by Crippen LogP contribution is -2.22. The van der Waals surface area contributed by atoms with E-state index in [9.17, 15) is 15.0 Å². The van der Waals surface area contributed by atoms with E-state index >= 15 is 0 Å². The van der Waals surface area contributed by atoms with Crippen molar-refractivity contribution in [1.29, 1.82) is 0 Å². The maximum Gasteiger partial charge on any atom is 0.309 e. The Hall–Kier alpha value is -1.87. The number of carboxylic acids is 1. The van der Waals surface area contributed by atoms with Crippen LogP contribution >= 0.6 is 0 Å². The molecule has 2 unspecified atom stereocenters. The van der Waals surface area contributed by atoms with Crippen LogP contribution in [0.2, 0.25) is 0 Å². The van der Waals surface area contributed by atoms with E-state index in [-0.39, 0.29) is 0 Å². The van der Waals surface area contributed by atoms with Crippen molar-refractivity contribution in [3.05, 3.63) is 48.0 Å². The molecule has 19 heavy (non-hydrogen) atoms. The molecule has 0 aliphatic carbocycles. The summed E-state index contributed by atoms with van der Waals surface area (Å²) in [7, 11) is 0. The zero-order valence-corrected chi connectivity index (χ0v) is 10.9. The first kappa shape index (κ1) is 13.6. The number of carboxylic acid groups (broad SMARTS) is 1. The van der Waals surface area contributed by atoms with Gasteiger partial charge in [-0.15, -0.1) is 0 Å². The molecule has 3 heteroatoms. The SMILES string of the molecule is CCCC(C(=O)O)C(O)c1cccc2ccccc12. The fraction of sp³-hybridized carbons (Fsp3) is 0.312. The molecule has 0 aromatic heterocycles. The quantitative estimate of drug-likeness (QED) is 0.864. The summed E-state index contributed by atoms with van der Waals surface area (Å²) in [5.41, 5.74) is 0.693. The molecule has 2 atom stereocenters. The van der Waals surface area contributed by atoms with Gasteiger partial charge < -0.3 is 10.2 Å². The largest absolute Gasteiger partial charge is 0.481 e. The molecule has 100 valence electrons. The van der Waals surface area contributed by atoms with Gasteiger partial charge in [0.15, 0.2) is 0 Å². The number of rotatable bonds is 5. The summed E-state index contributed by atoms with van der Waals surface area (Å²) in [4.78, 5) is 11.3. The van der Waals surface area contributed by atoms with Gasteiger partial charge in [0.05, 0.1) is 12.0 Å². The van der Waals surface area contributed by atoms with Gasteiger partial charge in [-0.25, -0.2) is 0 Å². The van der Waals surface area contributed by atoms with Gasteiger partial charge in [0.2, 0.25) is 0 Å². The third-order valence-corrected chi connectivity index (χ3v) is 3.44. The van der Waals surface area contributed by atoms with E-state index in [1.165, 1.54) is 0 Å². The molecule has 0 aliphatic rings. The van der Waals surface area contributed by atoms with E-state index in [0.29, 0.717) is 12.0 Å². The Bertz CT molecular complexity index is 572. The van der Waals surface area contributed by atoms with E-state index in [1.54, 1.807) is 6.07 Å². The van der Waals surface area contributed by atoms with E-state index in [0.717, 1.165) is 17.2 Å². The number of aliphatic carboxylic acids is 1. The summed E-state index contributed by atoms with van der Waals surface area (Å²) < 4.78 is 0. The third kappa shape index (κ3) is 2.76. The molecule has 3 nitrogen and oxygen atoms in total. The summed E-state index contributed by atoms with van der Waals surface area (Å²) in [6.45, 7) is 1.92. The summed E-state index contributed by atoms with van der Waals surface area (Å²) in [5.74, 6) is -1.70. The minimum atomic E-state index is -0.969. The van der Waals surface area contributed by atoms with Gasteiger partial charge in [-0.05, 0) is 22.8 Å². The second-order valence-corrected chi connectivity index (χ2v) is 4.75. The molecular weight excluding hydrogens is 240 g/mol. The van der Waals surface area contributed by atoms with Gasteiger partial charge in [-0.2, -0.15) is 0 Å². The first-order valence-corrected chi connectivity index (χ1v) is 6.53. The number of hydrogen-bond acceptors (Lipinski definition) is 2. The number of carbonyl (C=O) groups is 1. The Morgan fingerprint density at radius 1 is 1.16 bits per heavy atom. The Morgan fingerprint density at radius 3 is 2.53 bits per heavy atom. The molecule has 0 spiro atoms. The Morgan fingerprint density at radius 2 is 1.84 bits per heavy atom. The molecular formula is C16H18O3. The molecule has 2 rings (SSSR count). The van der Waals surface area contributed by atoms with Crippen LogP contribution in [0.4, 0.5) is 0 Å². The van der Waals surface area contributed by atoms with Crippen LogP contribution in [0.5, 0.6) is 0 Å². The van der Waals surface area contributed by atoms with Crippen molar-refractivity contribution in [2.45, 2.75) is 25.9 Å². The van der Waals surface area contributed by atoms with Gasteiger partial charge in [0, 0.05) is 0 Å². The van der Waals surface area contributed by atoms with E-state index < -0.39 is 18.0 Å². The number of hydrogen-bond donors (Lipinski definition) is 2. The zero-order chi connectivity index (χ0) is 13.8. The van der Waals surface area contributed by atoms with Gasteiger partial charge in [-0.1, -0.05) is 55.8 Å². The summed E-state index contributed by atoms with van der Waals surface area (Å²) in [6, 6.07) is 13.3. The Balaban J connectivity index is 2.45. The number of aliphatic hydroxyl groups is 1. The van der Waals surface area contributed by atoms with Gasteiger partial charge in [0.25, 0.3) is 0 Å². The zero-order valence-electron chi connectivity index (χ0n) is 10.9. The van der Waals surface area contributed by atoms with Crippen molar-refractivity contribution in [2.75, 3.05) is 0 Å². The predicted octanol–water partition coefficient (Wildman–Crippen LogP) is 3.37. The molecule has 0 saturated heterocycles. The van der Waals surface area contributed by atoms with Crippen LogP contribution in [0, 0.1) is 5.92 Å². The Kier molecular flexibility index (Phi) is 4.17. The van der Waals surface area contributed by atoms with Crippen molar-refractivity contribution >= 4 is 16.7 Å². The second kappa shape index (κ2) is 5.85. The molecule has 2 aromatic carbocycles. The highest BCUT2D eigenvalue weighted by atomic mass is 16.4. The van der Waals surface area contributed by atoms with Crippen LogP contribution in [0.1, 0.15) is 31.4 Å². The first-order chi connectivity index (χ1) is 9.15. The normalized spacial score (nSPS) is 14.2. The highest BCUT2D eigenvalue weighted by molar-refractivity contribution is 5.86. The maximum absolute atomic E-state index is 11.3. The summed E-state index contributed by atoms with van der Waals surface area (Å²) in [6.07, 6.45) is 0.238. The van der Waals surface area contributed by atoms with E-state index in [1.807, 2.05) is 43.3 Å². The van der Waals surface area contributed by atoms with Crippen molar-refractivity contribution in [1.82, 2.24) is 0 Å². The van der Waals surface area contributed by atoms with Crippen molar-refractivity contribution in [3.8, 4) is 0 Å². The molecule has 0 bridgehead atoms. The molecule has 0 amide bonds. The molecule has 2 aromatic rings. The lowest BCUT2D eigenvalue weighted by Gasteiger charge is -2.20. The predicted molar refractivity (Wildman–Crippen MR) is 74.9 cm³/mol. The van der Waals surface area contributed by atoms with Crippen molar-refractivity contribution in [2.24, 2.45) is 5.92 Å². The third-order valence-electron chi connectivity index (χ3n) is 3.44. The van der Waals surface area contributed by atoms with Crippen LogP contribution < -0.4 is 0 Å². The molecule has 0 fully saturated rings. The number of benzene rings is 2. The van der Waals surface area contributed by atoms with Crippen molar-refractivity contribution in [3.63, 3.8) is 0 Å². The maximum atomic E-state index is 11.3. The Labute approximate surface area is 112 Å². The minimum Gasteiger partial charge on any atom is -0.481 e. The lowest BCUT2D eigenvalue weighted by atomic mass is 9.89. The highest BCUT2D eigenvalue weighted by Gasteiger charge is 2.27. The van der Waals surface area contributed by atoms with Crippen LogP contribution in [0.25, 0.3) is 10.8 Å². The molecule has 0 radical (unpaired) electrons. The lowest BCUT2D eigenvalue weighted by molar-refractivity contribution is -0.146. The van der Waals surface area contributed by atoms with Crippen LogP contribution in [0.15, 0.2) is 42.5 Å². The molecule has 0 aliphatic heterocycles. The minimum absolute atomic E-state index is 0.472. The highest BCUT2D eigenvalue weighted by Crippen LogP contribution is 2.31. The smallest absolute Gasteiger partial charge is 0.309 e. The monoisotopic (exact) mass is 258 g/mol. The molecule has 2 N–H and O–H groups in total. The topological polar surface area (TPSA) is 57.5 Å². The van der Waals surface area contributed by atoms with Gasteiger partial charge in [0.1, 0.15) is 0 Å². The molecule has 0 heterocycles. The fourth-order valence-electron chi connectivity index (χ4n) is 2.45. The summed E-state index contributed by atoms with van der Waals surface area (Å²) in [5, 5.41) is 21.6. The van der Waals surface area contributed by atoms with E-state index in [2.05, 4.69) is 0 Å². The van der Waals surface area contributed by atoms with Gasteiger partial charge >= 0.3 is 5.97 Å². The molecule has 0 saturated carbocycles. The summed E-state index contributed by atoms with van der Waals surface area (Å²) >= 11 is 0. The van der Waals surface area contributed by atoms with Crippen LogP contribution in [-0.2, 0) is 4.79 Å². The second-order valence-electron chi connectivity index (χ2n) is 4.75. The van der Waals surface area contributed by atoms with Crippen LogP contribution in [-0.4, -0.2) is 16.2 Å². The first-order valence-electron chi connectivity index (χ1n) is 6.53. The standard InChI is InChI=1S/C16H18O3/c1-2-6-14(16(18)19)15(17)13-10-5-8-11-7-3-4-9-12(11)13/h3-5,7-10,14-15,17H,2,6H2,1H3,(H,18,19). The average molecular weight is 258 g/mol. The van der Waals surface area contributed by atoms with E-state index in [4.69, 9.17) is 0 Å². The van der Waals surface area contributed by atoms with Crippen molar-refractivity contribution < 1.29 is 15.0 Å². The van der Waals surface area contributed by atoms with Crippen LogP contribution in [0.3, 0.4) is 0 Å².